The number of halogens is 3. The Kier molecular flexibility index (Phi) is 4.94. The number of alkyl halides is 3. The molecule has 0 bridgehead atoms. The Balaban J connectivity index is 1.34. The van der Waals surface area contributed by atoms with Gasteiger partial charge in [-0.2, -0.15) is 13.2 Å². The van der Waals surface area contributed by atoms with Gasteiger partial charge in [0.2, 0.25) is 0 Å². The first kappa shape index (κ1) is 18.4. The predicted octanol–water partition coefficient (Wildman–Crippen LogP) is 3.82. The number of hydrogen-bond acceptors (Lipinski definition) is 4. The van der Waals surface area contributed by atoms with Gasteiger partial charge in [0.1, 0.15) is 5.69 Å². The van der Waals surface area contributed by atoms with Crippen LogP contribution in [0.15, 0.2) is 29.8 Å². The first-order valence-corrected chi connectivity index (χ1v) is 9.91. The zero-order valence-corrected chi connectivity index (χ0v) is 15.5. The first-order chi connectivity index (χ1) is 12.9. The van der Waals surface area contributed by atoms with Gasteiger partial charge in [0.15, 0.2) is 0 Å². The van der Waals surface area contributed by atoms with Crippen molar-refractivity contribution in [3.63, 3.8) is 0 Å². The fraction of sp³-hybridized carbons (Fsp3) is 0.474. The standard InChI is InChI=1S/C19H20F3N3OS/c20-19(21,22)17-2-1-13(11-23-17)18(26)24-7-3-15(4-8-24)25-9-5-16-14(12-25)6-10-27-16/h1-2,6,10-11,15H,3-5,7-9,12H2. The number of piperidine rings is 1. The number of pyridine rings is 1. The highest BCUT2D eigenvalue weighted by atomic mass is 32.1. The third kappa shape index (κ3) is 3.87. The molecule has 0 spiro atoms. The van der Waals surface area contributed by atoms with Crippen molar-refractivity contribution in [1.82, 2.24) is 14.8 Å². The minimum Gasteiger partial charge on any atom is -0.338 e. The topological polar surface area (TPSA) is 36.4 Å². The Morgan fingerprint density at radius 1 is 1.15 bits per heavy atom. The van der Waals surface area contributed by atoms with E-state index in [4.69, 9.17) is 0 Å². The lowest BCUT2D eigenvalue weighted by atomic mass is 9.99. The van der Waals surface area contributed by atoms with Crippen LogP contribution in [0.2, 0.25) is 0 Å². The van der Waals surface area contributed by atoms with Gasteiger partial charge in [-0.1, -0.05) is 0 Å². The Bertz CT molecular complexity index is 810. The molecule has 8 heteroatoms. The van der Waals surface area contributed by atoms with E-state index in [2.05, 4.69) is 21.3 Å². The lowest BCUT2D eigenvalue weighted by Crippen LogP contribution is -2.47. The van der Waals surface area contributed by atoms with Gasteiger partial charge in [0.25, 0.3) is 5.91 Å². The van der Waals surface area contributed by atoms with Crippen LogP contribution < -0.4 is 0 Å². The molecular weight excluding hydrogens is 375 g/mol. The van der Waals surface area contributed by atoms with Gasteiger partial charge in [-0.15, -0.1) is 11.3 Å². The fourth-order valence-corrected chi connectivity index (χ4v) is 4.78. The molecule has 4 rings (SSSR count). The summed E-state index contributed by atoms with van der Waals surface area (Å²) in [5.74, 6) is -0.242. The fourth-order valence-electron chi connectivity index (χ4n) is 3.89. The van der Waals surface area contributed by atoms with Gasteiger partial charge < -0.3 is 4.90 Å². The van der Waals surface area contributed by atoms with Crippen molar-refractivity contribution in [2.24, 2.45) is 0 Å². The van der Waals surface area contributed by atoms with Gasteiger partial charge in [0, 0.05) is 43.3 Å². The molecule has 2 aromatic heterocycles. The molecule has 0 aliphatic carbocycles. The van der Waals surface area contributed by atoms with Crippen LogP contribution in [0.25, 0.3) is 0 Å². The summed E-state index contributed by atoms with van der Waals surface area (Å²) < 4.78 is 37.8. The van der Waals surface area contributed by atoms with Crippen molar-refractivity contribution in [1.29, 1.82) is 0 Å². The first-order valence-electron chi connectivity index (χ1n) is 9.03. The van der Waals surface area contributed by atoms with Crippen LogP contribution >= 0.6 is 11.3 Å². The summed E-state index contributed by atoms with van der Waals surface area (Å²) in [5.41, 5.74) is 0.651. The summed E-state index contributed by atoms with van der Waals surface area (Å²) >= 11 is 1.82. The number of nitrogens with zero attached hydrogens (tertiary/aromatic N) is 3. The zero-order valence-electron chi connectivity index (χ0n) is 14.7. The normalized spacial score (nSPS) is 19.1. The number of rotatable bonds is 2. The van der Waals surface area contributed by atoms with Crippen LogP contribution in [-0.2, 0) is 19.1 Å². The monoisotopic (exact) mass is 395 g/mol. The van der Waals surface area contributed by atoms with Crippen molar-refractivity contribution < 1.29 is 18.0 Å². The second-order valence-electron chi connectivity index (χ2n) is 7.04. The molecule has 2 aliphatic heterocycles. The van der Waals surface area contributed by atoms with Gasteiger partial charge in [-0.25, -0.2) is 0 Å². The van der Waals surface area contributed by atoms with E-state index >= 15 is 0 Å². The molecule has 4 heterocycles. The molecule has 0 unspecified atom stereocenters. The number of fused-ring (bicyclic) bond motifs is 1. The second kappa shape index (κ2) is 7.24. The third-order valence-corrected chi connectivity index (χ3v) is 6.43. The molecule has 0 saturated carbocycles. The van der Waals surface area contributed by atoms with E-state index < -0.39 is 11.9 Å². The van der Waals surface area contributed by atoms with Crippen molar-refractivity contribution in [2.75, 3.05) is 19.6 Å². The number of aromatic nitrogens is 1. The quantitative estimate of drug-likeness (QED) is 0.776. The summed E-state index contributed by atoms with van der Waals surface area (Å²) in [6.07, 6.45) is -0.599. The number of carbonyl (C=O) groups excluding carboxylic acids is 1. The van der Waals surface area contributed by atoms with Crippen LogP contribution in [0.3, 0.4) is 0 Å². The number of amides is 1. The van der Waals surface area contributed by atoms with Gasteiger partial charge in [-0.05, 0) is 48.4 Å². The lowest BCUT2D eigenvalue weighted by molar-refractivity contribution is -0.141. The maximum atomic E-state index is 12.6. The molecule has 1 amide bonds. The molecule has 0 radical (unpaired) electrons. The molecule has 2 aliphatic rings. The second-order valence-corrected chi connectivity index (χ2v) is 8.04. The van der Waals surface area contributed by atoms with E-state index in [1.54, 1.807) is 4.90 Å². The summed E-state index contributed by atoms with van der Waals surface area (Å²) in [6.45, 7) is 3.27. The average Bonchev–Trinajstić information content (AvgIpc) is 3.15. The Hall–Kier alpha value is -1.93. The Morgan fingerprint density at radius 2 is 1.93 bits per heavy atom. The van der Waals surface area contributed by atoms with Gasteiger partial charge >= 0.3 is 6.18 Å². The highest BCUT2D eigenvalue weighted by molar-refractivity contribution is 7.10. The number of hydrogen-bond donors (Lipinski definition) is 0. The van der Waals surface area contributed by atoms with E-state index in [1.807, 2.05) is 11.3 Å². The molecule has 144 valence electrons. The smallest absolute Gasteiger partial charge is 0.338 e. The number of thiophene rings is 1. The van der Waals surface area contributed by atoms with Crippen LogP contribution in [0, 0.1) is 0 Å². The maximum absolute atomic E-state index is 12.6. The minimum absolute atomic E-state index is 0.210. The Labute approximate surface area is 159 Å². The van der Waals surface area contributed by atoms with E-state index in [1.165, 1.54) is 16.5 Å². The summed E-state index contributed by atoms with van der Waals surface area (Å²) in [6, 6.07) is 4.73. The largest absolute Gasteiger partial charge is 0.433 e. The van der Waals surface area contributed by atoms with Crippen LogP contribution in [-0.4, -0.2) is 46.4 Å². The summed E-state index contributed by atoms with van der Waals surface area (Å²) in [5, 5.41) is 2.15. The van der Waals surface area contributed by atoms with Crippen molar-refractivity contribution in [3.05, 3.63) is 51.5 Å². The molecule has 1 saturated heterocycles. The predicted molar refractivity (Wildman–Crippen MR) is 96.6 cm³/mol. The van der Waals surface area contributed by atoms with E-state index in [0.717, 1.165) is 44.6 Å². The van der Waals surface area contributed by atoms with Gasteiger partial charge in [0.05, 0.1) is 5.56 Å². The molecule has 0 atom stereocenters. The molecule has 2 aromatic rings. The molecular formula is C19H20F3N3OS. The minimum atomic E-state index is -4.49. The molecule has 4 nitrogen and oxygen atoms in total. The SMILES string of the molecule is O=C(c1ccc(C(F)(F)F)nc1)N1CCC(N2CCc3sccc3C2)CC1. The van der Waals surface area contributed by atoms with Crippen LogP contribution in [0.1, 0.15) is 39.3 Å². The highest BCUT2D eigenvalue weighted by Gasteiger charge is 2.33. The van der Waals surface area contributed by atoms with E-state index in [0.29, 0.717) is 19.1 Å². The molecule has 0 N–H and O–H groups in total. The lowest BCUT2D eigenvalue weighted by Gasteiger charge is -2.40. The Morgan fingerprint density at radius 3 is 2.59 bits per heavy atom. The van der Waals surface area contributed by atoms with Crippen LogP contribution in [0.4, 0.5) is 13.2 Å². The highest BCUT2D eigenvalue weighted by Crippen LogP contribution is 2.29. The van der Waals surface area contributed by atoms with Crippen molar-refractivity contribution in [3.8, 4) is 0 Å². The molecule has 27 heavy (non-hydrogen) atoms. The molecule has 1 fully saturated rings. The average molecular weight is 395 g/mol. The molecule has 0 aromatic carbocycles. The third-order valence-electron chi connectivity index (χ3n) is 5.41. The van der Waals surface area contributed by atoms with E-state index in [9.17, 15) is 18.0 Å². The summed E-state index contributed by atoms with van der Waals surface area (Å²) in [7, 11) is 0. The van der Waals surface area contributed by atoms with Gasteiger partial charge in [-0.3, -0.25) is 14.7 Å². The number of carbonyl (C=O) groups is 1. The van der Waals surface area contributed by atoms with Crippen molar-refractivity contribution >= 4 is 17.2 Å². The summed E-state index contributed by atoms with van der Waals surface area (Å²) in [4.78, 5) is 21.7. The van der Waals surface area contributed by atoms with Crippen LogP contribution in [0.5, 0.6) is 0 Å². The van der Waals surface area contributed by atoms with Crippen molar-refractivity contribution in [2.45, 2.75) is 38.0 Å². The number of likely N-dealkylation sites (tertiary alicyclic amines) is 1. The van der Waals surface area contributed by atoms with E-state index in [-0.39, 0.29) is 11.5 Å². The maximum Gasteiger partial charge on any atom is 0.433 e. The zero-order chi connectivity index (χ0) is 19.0.